The maximum Gasteiger partial charge on any atom is 0.295 e. The van der Waals surface area contributed by atoms with Crippen LogP contribution in [0.1, 0.15) is 36.5 Å². The van der Waals surface area contributed by atoms with Gasteiger partial charge in [0, 0.05) is 12.6 Å². The summed E-state index contributed by atoms with van der Waals surface area (Å²) in [6, 6.07) is 1.29. The Labute approximate surface area is 121 Å². The number of amides is 1. The molecule has 0 aliphatic heterocycles. The predicted molar refractivity (Wildman–Crippen MR) is 77.3 cm³/mol. The van der Waals surface area contributed by atoms with E-state index in [1.165, 1.54) is 0 Å². The van der Waals surface area contributed by atoms with E-state index in [0.29, 0.717) is 12.5 Å². The molecule has 1 unspecified atom stereocenters. The van der Waals surface area contributed by atoms with Crippen LogP contribution in [-0.4, -0.2) is 23.4 Å². The van der Waals surface area contributed by atoms with E-state index in [4.69, 9.17) is 11.5 Å². The second kappa shape index (κ2) is 7.53. The minimum atomic E-state index is -0.890. The van der Waals surface area contributed by atoms with E-state index in [-0.39, 0.29) is 23.8 Å². The summed E-state index contributed by atoms with van der Waals surface area (Å²) >= 11 is 0. The van der Waals surface area contributed by atoms with Gasteiger partial charge >= 0.3 is 0 Å². The first-order valence-electron chi connectivity index (χ1n) is 6.65. The van der Waals surface area contributed by atoms with Crippen molar-refractivity contribution >= 4 is 17.3 Å². The molecule has 21 heavy (non-hydrogen) atoms. The highest BCUT2D eigenvalue weighted by Gasteiger charge is 2.22. The van der Waals surface area contributed by atoms with Crippen LogP contribution < -0.4 is 16.8 Å². The number of nitrogens with zero attached hydrogens (tertiary/aromatic N) is 1. The molecule has 1 atom stereocenters. The van der Waals surface area contributed by atoms with Crippen LogP contribution in [0.2, 0.25) is 0 Å². The lowest BCUT2D eigenvalue weighted by Gasteiger charge is -2.17. The van der Waals surface area contributed by atoms with Gasteiger partial charge in [-0.15, -0.1) is 0 Å². The zero-order chi connectivity index (χ0) is 16.0. The van der Waals surface area contributed by atoms with Crippen molar-refractivity contribution in [1.29, 1.82) is 0 Å². The Kier molecular flexibility index (Phi) is 6.04. The Hall–Kier alpha value is -2.22. The smallest absolute Gasteiger partial charge is 0.295 e. The lowest BCUT2D eigenvalue weighted by molar-refractivity contribution is -0.384. The molecule has 0 spiro atoms. The number of carbonyl (C=O) groups is 1. The molecule has 0 fully saturated rings. The van der Waals surface area contributed by atoms with Crippen LogP contribution in [0.4, 0.5) is 15.8 Å². The van der Waals surface area contributed by atoms with Gasteiger partial charge in [0.05, 0.1) is 16.6 Å². The monoisotopic (exact) mass is 298 g/mol. The molecule has 1 rings (SSSR count). The molecule has 5 N–H and O–H groups in total. The number of nitro benzene ring substituents is 1. The lowest BCUT2D eigenvalue weighted by atomic mass is 10.1. The molecule has 0 saturated carbocycles. The van der Waals surface area contributed by atoms with Crippen LogP contribution in [0.3, 0.4) is 0 Å². The van der Waals surface area contributed by atoms with Crippen molar-refractivity contribution in [2.75, 3.05) is 12.3 Å². The number of rotatable bonds is 7. The molecular weight excluding hydrogens is 279 g/mol. The van der Waals surface area contributed by atoms with Crippen molar-refractivity contribution < 1.29 is 14.1 Å². The van der Waals surface area contributed by atoms with Gasteiger partial charge in [-0.3, -0.25) is 14.9 Å². The third kappa shape index (κ3) is 4.38. The average Bonchev–Trinajstić information content (AvgIpc) is 2.44. The topological polar surface area (TPSA) is 124 Å². The molecule has 0 bridgehead atoms. The normalized spacial score (nSPS) is 12.0. The first-order chi connectivity index (χ1) is 9.90. The number of nitrogens with two attached hydrogens (primary N) is 2. The molecule has 0 aromatic heterocycles. The van der Waals surface area contributed by atoms with Gasteiger partial charge < -0.3 is 16.8 Å². The summed E-state index contributed by atoms with van der Waals surface area (Å²) in [4.78, 5) is 22.0. The first kappa shape index (κ1) is 16.8. The number of nitro groups is 1. The number of anilines is 1. The van der Waals surface area contributed by atoms with E-state index in [0.717, 1.165) is 18.9 Å². The molecule has 7 nitrogen and oxygen atoms in total. The minimum Gasteiger partial charge on any atom is -0.393 e. The van der Waals surface area contributed by atoms with E-state index in [1.54, 1.807) is 0 Å². The van der Waals surface area contributed by atoms with Crippen molar-refractivity contribution in [2.45, 2.75) is 32.2 Å². The van der Waals surface area contributed by atoms with Crippen LogP contribution in [0.5, 0.6) is 0 Å². The second-order valence-electron chi connectivity index (χ2n) is 4.69. The highest BCUT2D eigenvalue weighted by atomic mass is 19.1. The molecule has 8 heteroatoms. The molecule has 0 aliphatic rings. The number of nitrogens with one attached hydrogen (secondary N) is 1. The summed E-state index contributed by atoms with van der Waals surface area (Å²) in [6.07, 6.45) is 2.50. The molecule has 0 saturated heterocycles. The third-order valence-electron chi connectivity index (χ3n) is 3.09. The maximum atomic E-state index is 13.4. The fourth-order valence-corrected chi connectivity index (χ4v) is 1.91. The van der Waals surface area contributed by atoms with Crippen LogP contribution in [0.25, 0.3) is 0 Å². The summed E-state index contributed by atoms with van der Waals surface area (Å²) in [6.45, 7) is 2.23. The molecule has 0 radical (unpaired) electrons. The third-order valence-corrected chi connectivity index (χ3v) is 3.09. The van der Waals surface area contributed by atoms with Crippen molar-refractivity contribution in [1.82, 2.24) is 5.32 Å². The van der Waals surface area contributed by atoms with Gasteiger partial charge in [-0.25, -0.2) is 4.39 Å². The summed E-state index contributed by atoms with van der Waals surface area (Å²) in [5.41, 5.74) is 9.89. The fraction of sp³-hybridized carbons (Fsp3) is 0.462. The molecule has 116 valence electrons. The molecule has 0 aliphatic carbocycles. The minimum absolute atomic E-state index is 0.225. The molecule has 0 heterocycles. The van der Waals surface area contributed by atoms with Crippen molar-refractivity contribution in [3.05, 3.63) is 33.6 Å². The largest absolute Gasteiger partial charge is 0.393 e. The van der Waals surface area contributed by atoms with E-state index in [2.05, 4.69) is 5.32 Å². The Morgan fingerprint density at radius 1 is 1.52 bits per heavy atom. The number of hydrogen-bond donors (Lipinski definition) is 3. The Balaban J connectivity index is 2.99. The van der Waals surface area contributed by atoms with Gasteiger partial charge in [0.15, 0.2) is 0 Å². The van der Waals surface area contributed by atoms with Crippen LogP contribution in [-0.2, 0) is 0 Å². The van der Waals surface area contributed by atoms with Crippen molar-refractivity contribution in [2.24, 2.45) is 5.73 Å². The van der Waals surface area contributed by atoms with Gasteiger partial charge in [0.2, 0.25) is 0 Å². The summed E-state index contributed by atoms with van der Waals surface area (Å²) in [5, 5.41) is 13.4. The fourth-order valence-electron chi connectivity index (χ4n) is 1.91. The predicted octanol–water partition coefficient (Wildman–Crippen LogP) is 1.56. The van der Waals surface area contributed by atoms with Gasteiger partial charge in [-0.1, -0.05) is 19.8 Å². The first-order valence-corrected chi connectivity index (χ1v) is 6.65. The standard InChI is InChI=1S/C13H19FN4O3/c1-2-3-4-9(7-15)17-13(19)10-5-8(14)6-11(12(10)16)18(20)21/h5-6,9H,2-4,7,15-16H2,1H3,(H,17,19). The highest BCUT2D eigenvalue weighted by molar-refractivity contribution is 6.01. The number of unbranched alkanes of at least 4 members (excludes halogenated alkanes) is 1. The maximum absolute atomic E-state index is 13.4. The zero-order valence-electron chi connectivity index (χ0n) is 11.8. The Bertz CT molecular complexity index is 536. The van der Waals surface area contributed by atoms with E-state index in [9.17, 15) is 19.3 Å². The average molecular weight is 298 g/mol. The van der Waals surface area contributed by atoms with Crippen LogP contribution in [0, 0.1) is 15.9 Å². The number of carbonyl (C=O) groups excluding carboxylic acids is 1. The molecule has 1 amide bonds. The molecule has 1 aromatic carbocycles. The number of benzene rings is 1. The number of hydrogen-bond acceptors (Lipinski definition) is 5. The second-order valence-corrected chi connectivity index (χ2v) is 4.69. The number of halogens is 1. The van der Waals surface area contributed by atoms with Gasteiger partial charge in [-0.05, 0) is 12.5 Å². The molecule has 1 aromatic rings. The van der Waals surface area contributed by atoms with E-state index < -0.39 is 22.3 Å². The van der Waals surface area contributed by atoms with Crippen LogP contribution in [0.15, 0.2) is 12.1 Å². The van der Waals surface area contributed by atoms with Gasteiger partial charge in [0.25, 0.3) is 11.6 Å². The van der Waals surface area contributed by atoms with E-state index in [1.807, 2.05) is 6.92 Å². The highest BCUT2D eigenvalue weighted by Crippen LogP contribution is 2.26. The SMILES string of the molecule is CCCCC(CN)NC(=O)c1cc(F)cc([N+](=O)[O-])c1N. The van der Waals surface area contributed by atoms with Gasteiger partial charge in [-0.2, -0.15) is 0 Å². The Morgan fingerprint density at radius 3 is 2.71 bits per heavy atom. The zero-order valence-corrected chi connectivity index (χ0v) is 11.8. The van der Waals surface area contributed by atoms with Crippen LogP contribution >= 0.6 is 0 Å². The van der Waals surface area contributed by atoms with Crippen molar-refractivity contribution in [3.63, 3.8) is 0 Å². The van der Waals surface area contributed by atoms with E-state index >= 15 is 0 Å². The van der Waals surface area contributed by atoms with Gasteiger partial charge in [0.1, 0.15) is 11.5 Å². The Morgan fingerprint density at radius 2 is 2.19 bits per heavy atom. The lowest BCUT2D eigenvalue weighted by Crippen LogP contribution is -2.40. The quantitative estimate of drug-likeness (QED) is 0.400. The summed E-state index contributed by atoms with van der Waals surface area (Å²) in [5.74, 6) is -1.56. The summed E-state index contributed by atoms with van der Waals surface area (Å²) in [7, 11) is 0. The summed E-state index contributed by atoms with van der Waals surface area (Å²) < 4.78 is 13.4. The number of nitrogen functional groups attached to an aromatic ring is 1. The van der Waals surface area contributed by atoms with Crippen molar-refractivity contribution in [3.8, 4) is 0 Å². The molecular formula is C13H19FN4O3.